The van der Waals surface area contributed by atoms with Gasteiger partial charge in [-0.2, -0.15) is 5.26 Å². The first kappa shape index (κ1) is 12.6. The molecule has 3 nitrogen and oxygen atoms in total. The summed E-state index contributed by atoms with van der Waals surface area (Å²) < 4.78 is -0.930. The second kappa shape index (κ2) is 4.58. The van der Waals surface area contributed by atoms with Crippen LogP contribution >= 0.6 is 11.8 Å². The lowest BCUT2D eigenvalue weighted by Crippen LogP contribution is -2.27. The zero-order valence-electron chi connectivity index (χ0n) is 9.44. The van der Waals surface area contributed by atoms with Crippen LogP contribution in [0.4, 0.5) is 0 Å². The summed E-state index contributed by atoms with van der Waals surface area (Å²) in [6, 6.07) is 7.52. The summed E-state index contributed by atoms with van der Waals surface area (Å²) in [6.45, 7) is 5.15. The number of aryl methyl sites for hydroxylation is 1. The van der Waals surface area contributed by atoms with Gasteiger partial charge in [0.05, 0.1) is 5.56 Å². The van der Waals surface area contributed by atoms with Gasteiger partial charge in [-0.05, 0) is 38.5 Å². The van der Waals surface area contributed by atoms with Crippen LogP contribution in [0.25, 0.3) is 0 Å². The highest BCUT2D eigenvalue weighted by atomic mass is 32.2. The van der Waals surface area contributed by atoms with Gasteiger partial charge in [0.15, 0.2) is 0 Å². The lowest BCUT2D eigenvalue weighted by molar-refractivity contribution is -0.138. The van der Waals surface area contributed by atoms with E-state index in [0.717, 1.165) is 5.56 Å². The van der Waals surface area contributed by atoms with Crippen molar-refractivity contribution in [1.29, 1.82) is 5.26 Å². The van der Waals surface area contributed by atoms with E-state index < -0.39 is 10.7 Å². The van der Waals surface area contributed by atoms with E-state index in [2.05, 4.69) is 6.07 Å². The van der Waals surface area contributed by atoms with Crippen LogP contribution in [0.3, 0.4) is 0 Å². The number of aliphatic carboxylic acids is 1. The minimum atomic E-state index is -0.930. The Morgan fingerprint density at radius 1 is 1.50 bits per heavy atom. The molecule has 4 heteroatoms. The SMILES string of the molecule is Cc1ccc(SC(C)(C)C(=O)O)c(C#N)c1. The molecule has 1 N–H and O–H groups in total. The molecular weight excluding hydrogens is 222 g/mol. The van der Waals surface area contributed by atoms with E-state index in [1.807, 2.05) is 13.0 Å². The number of hydrogen-bond acceptors (Lipinski definition) is 3. The third-order valence-corrected chi connectivity index (χ3v) is 3.40. The van der Waals surface area contributed by atoms with Crippen molar-refractivity contribution in [2.24, 2.45) is 0 Å². The molecule has 1 aromatic carbocycles. The summed E-state index contributed by atoms with van der Waals surface area (Å²) in [7, 11) is 0. The zero-order chi connectivity index (χ0) is 12.3. The predicted octanol–water partition coefficient (Wildman–Crippen LogP) is 2.82. The number of carbonyl (C=O) groups is 1. The van der Waals surface area contributed by atoms with Gasteiger partial charge in [-0.25, -0.2) is 0 Å². The first-order valence-electron chi connectivity index (χ1n) is 4.80. The number of nitrogens with zero attached hydrogens (tertiary/aromatic N) is 1. The lowest BCUT2D eigenvalue weighted by atomic mass is 10.1. The molecule has 0 saturated carbocycles. The average molecular weight is 235 g/mol. The normalized spacial score (nSPS) is 10.9. The second-order valence-corrected chi connectivity index (χ2v) is 5.69. The van der Waals surface area contributed by atoms with E-state index in [1.165, 1.54) is 11.8 Å². The van der Waals surface area contributed by atoms with Gasteiger partial charge in [0, 0.05) is 4.90 Å². The number of hydrogen-bond donors (Lipinski definition) is 1. The Hall–Kier alpha value is -1.47. The average Bonchev–Trinajstić information content (AvgIpc) is 2.20. The van der Waals surface area contributed by atoms with Crippen LogP contribution in [0.2, 0.25) is 0 Å². The highest BCUT2D eigenvalue weighted by Crippen LogP contribution is 2.34. The molecule has 0 saturated heterocycles. The standard InChI is InChI=1S/C12H13NO2S/c1-8-4-5-10(9(6-8)7-13)16-12(2,3)11(14)15/h4-6H,1-3H3,(H,14,15). The number of carboxylic acid groups (broad SMARTS) is 1. The molecule has 1 rings (SSSR count). The maximum atomic E-state index is 11.0. The van der Waals surface area contributed by atoms with E-state index in [-0.39, 0.29) is 0 Å². The van der Waals surface area contributed by atoms with Gasteiger partial charge in [0.1, 0.15) is 10.8 Å². The van der Waals surface area contributed by atoms with Gasteiger partial charge in [-0.15, -0.1) is 11.8 Å². The number of carboxylic acids is 1. The van der Waals surface area contributed by atoms with Crippen LogP contribution in [-0.4, -0.2) is 15.8 Å². The molecule has 0 aliphatic rings. The molecule has 0 fully saturated rings. The zero-order valence-corrected chi connectivity index (χ0v) is 10.3. The Morgan fingerprint density at radius 2 is 2.12 bits per heavy atom. The molecule has 0 radical (unpaired) electrons. The van der Waals surface area contributed by atoms with Gasteiger partial charge in [0.2, 0.25) is 0 Å². The fourth-order valence-electron chi connectivity index (χ4n) is 1.14. The molecule has 0 aliphatic heterocycles. The molecule has 0 heterocycles. The summed E-state index contributed by atoms with van der Waals surface area (Å²) in [6.07, 6.45) is 0. The van der Waals surface area contributed by atoms with E-state index in [0.29, 0.717) is 10.5 Å². The molecule has 1 aromatic rings. The molecule has 16 heavy (non-hydrogen) atoms. The lowest BCUT2D eigenvalue weighted by Gasteiger charge is -2.19. The van der Waals surface area contributed by atoms with Crippen LogP contribution in [0.1, 0.15) is 25.0 Å². The quantitative estimate of drug-likeness (QED) is 0.818. The number of rotatable bonds is 3. The van der Waals surface area contributed by atoms with E-state index in [1.54, 1.807) is 26.0 Å². The molecule has 0 unspecified atom stereocenters. The van der Waals surface area contributed by atoms with Crippen LogP contribution in [0.15, 0.2) is 23.1 Å². The van der Waals surface area contributed by atoms with Crippen molar-refractivity contribution in [2.75, 3.05) is 0 Å². The Kier molecular flexibility index (Phi) is 3.61. The van der Waals surface area contributed by atoms with Crippen molar-refractivity contribution in [2.45, 2.75) is 30.4 Å². The smallest absolute Gasteiger partial charge is 0.319 e. The van der Waals surface area contributed by atoms with Crippen molar-refractivity contribution in [3.63, 3.8) is 0 Å². The highest BCUT2D eigenvalue weighted by Gasteiger charge is 2.29. The summed E-state index contributed by atoms with van der Waals surface area (Å²) in [5.41, 5.74) is 1.52. The van der Waals surface area contributed by atoms with Gasteiger partial charge >= 0.3 is 5.97 Å². The highest BCUT2D eigenvalue weighted by molar-refractivity contribution is 8.01. The largest absolute Gasteiger partial charge is 0.480 e. The van der Waals surface area contributed by atoms with E-state index >= 15 is 0 Å². The molecule has 0 amide bonds. The van der Waals surface area contributed by atoms with Crippen molar-refractivity contribution in [3.05, 3.63) is 29.3 Å². The number of thioether (sulfide) groups is 1. The minimum Gasteiger partial charge on any atom is -0.480 e. The van der Waals surface area contributed by atoms with Gasteiger partial charge in [-0.1, -0.05) is 6.07 Å². The predicted molar refractivity (Wildman–Crippen MR) is 63.5 cm³/mol. The molecule has 0 spiro atoms. The number of nitriles is 1. The topological polar surface area (TPSA) is 61.1 Å². The third-order valence-electron chi connectivity index (χ3n) is 2.14. The second-order valence-electron chi connectivity index (χ2n) is 4.03. The van der Waals surface area contributed by atoms with Gasteiger partial charge in [0.25, 0.3) is 0 Å². The van der Waals surface area contributed by atoms with Crippen LogP contribution < -0.4 is 0 Å². The van der Waals surface area contributed by atoms with Gasteiger partial charge in [-0.3, -0.25) is 4.79 Å². The first-order valence-corrected chi connectivity index (χ1v) is 5.61. The molecule has 84 valence electrons. The maximum Gasteiger partial charge on any atom is 0.319 e. The van der Waals surface area contributed by atoms with Crippen LogP contribution in [0.5, 0.6) is 0 Å². The Labute approximate surface area is 99.1 Å². The molecule has 0 atom stereocenters. The molecular formula is C12H13NO2S. The van der Waals surface area contributed by atoms with Crippen molar-refractivity contribution in [1.82, 2.24) is 0 Å². The summed E-state index contributed by atoms with van der Waals surface area (Å²) >= 11 is 1.19. The van der Waals surface area contributed by atoms with Crippen LogP contribution in [-0.2, 0) is 4.79 Å². The fraction of sp³-hybridized carbons (Fsp3) is 0.333. The Morgan fingerprint density at radius 3 is 2.62 bits per heavy atom. The molecule has 0 aromatic heterocycles. The van der Waals surface area contributed by atoms with Crippen molar-refractivity contribution >= 4 is 17.7 Å². The minimum absolute atomic E-state index is 0.527. The Balaban J connectivity index is 3.08. The summed E-state index contributed by atoms with van der Waals surface area (Å²) in [5.74, 6) is -0.887. The first-order chi connectivity index (χ1) is 7.36. The third kappa shape index (κ3) is 2.77. The van der Waals surface area contributed by atoms with E-state index in [9.17, 15) is 4.79 Å². The fourth-order valence-corrected chi connectivity index (χ4v) is 2.13. The van der Waals surface area contributed by atoms with Gasteiger partial charge < -0.3 is 5.11 Å². The van der Waals surface area contributed by atoms with Crippen molar-refractivity contribution < 1.29 is 9.90 Å². The monoisotopic (exact) mass is 235 g/mol. The summed E-state index contributed by atoms with van der Waals surface area (Å²) in [5, 5.41) is 18.0. The number of benzene rings is 1. The van der Waals surface area contributed by atoms with E-state index in [4.69, 9.17) is 10.4 Å². The molecule has 0 bridgehead atoms. The van der Waals surface area contributed by atoms with Crippen LogP contribution in [0, 0.1) is 18.3 Å². The molecule has 0 aliphatic carbocycles. The van der Waals surface area contributed by atoms with Crippen molar-refractivity contribution in [3.8, 4) is 6.07 Å². The Bertz CT molecular complexity index is 461. The summed E-state index contributed by atoms with van der Waals surface area (Å²) in [4.78, 5) is 11.7. The maximum absolute atomic E-state index is 11.0.